The average Bonchev–Trinajstić information content (AvgIpc) is 3.14. The summed E-state index contributed by atoms with van der Waals surface area (Å²) in [6.07, 6.45) is 4.60. The van der Waals surface area contributed by atoms with Gasteiger partial charge in [-0.1, -0.05) is 50.2 Å². The standard InChI is InChI=1S/C21H25N3O2S/c1-17(2)14-18-8-10-21(11-9-18)27(25,26)23-15-19-4-6-20(7-5-19)16-24-13-3-12-22-24/h3-13,17,23H,14-16H2,1-2H3. The molecule has 0 aliphatic heterocycles. The Labute approximate surface area is 161 Å². The predicted molar refractivity (Wildman–Crippen MR) is 107 cm³/mol. The zero-order valence-electron chi connectivity index (χ0n) is 15.7. The van der Waals surface area contributed by atoms with Gasteiger partial charge in [0, 0.05) is 18.9 Å². The van der Waals surface area contributed by atoms with Crippen LogP contribution in [0, 0.1) is 5.92 Å². The summed E-state index contributed by atoms with van der Waals surface area (Å²) in [4.78, 5) is 0.297. The van der Waals surface area contributed by atoms with Crippen molar-refractivity contribution in [2.75, 3.05) is 0 Å². The van der Waals surface area contributed by atoms with Gasteiger partial charge in [-0.2, -0.15) is 5.10 Å². The van der Waals surface area contributed by atoms with Crippen LogP contribution in [-0.4, -0.2) is 18.2 Å². The van der Waals surface area contributed by atoms with Crippen LogP contribution in [0.5, 0.6) is 0 Å². The molecule has 1 N–H and O–H groups in total. The van der Waals surface area contributed by atoms with E-state index in [1.807, 2.05) is 53.3 Å². The molecule has 0 fully saturated rings. The summed E-state index contributed by atoms with van der Waals surface area (Å²) in [5.74, 6) is 0.543. The first kappa shape index (κ1) is 19.3. The van der Waals surface area contributed by atoms with E-state index < -0.39 is 10.0 Å². The van der Waals surface area contributed by atoms with Crippen molar-refractivity contribution in [3.8, 4) is 0 Å². The normalized spacial score (nSPS) is 11.8. The minimum Gasteiger partial charge on any atom is -0.268 e. The number of hydrogen-bond donors (Lipinski definition) is 1. The van der Waals surface area contributed by atoms with Crippen LogP contribution in [0.4, 0.5) is 0 Å². The number of benzene rings is 2. The number of rotatable bonds is 8. The van der Waals surface area contributed by atoms with Crippen molar-refractivity contribution in [1.29, 1.82) is 0 Å². The molecule has 0 saturated heterocycles. The summed E-state index contributed by atoms with van der Waals surface area (Å²) in [6, 6.07) is 16.9. The summed E-state index contributed by atoms with van der Waals surface area (Å²) < 4.78 is 29.5. The molecule has 1 aromatic heterocycles. The Kier molecular flexibility index (Phi) is 6.08. The lowest BCUT2D eigenvalue weighted by Gasteiger charge is -2.09. The Balaban J connectivity index is 1.59. The molecule has 5 nitrogen and oxygen atoms in total. The van der Waals surface area contributed by atoms with Gasteiger partial charge in [0.25, 0.3) is 0 Å². The van der Waals surface area contributed by atoms with E-state index in [4.69, 9.17) is 0 Å². The lowest BCUT2D eigenvalue weighted by atomic mass is 10.0. The van der Waals surface area contributed by atoms with Crippen molar-refractivity contribution >= 4 is 10.0 Å². The van der Waals surface area contributed by atoms with Gasteiger partial charge in [0.05, 0.1) is 11.4 Å². The van der Waals surface area contributed by atoms with E-state index in [-0.39, 0.29) is 6.54 Å². The zero-order valence-corrected chi connectivity index (χ0v) is 16.5. The van der Waals surface area contributed by atoms with Crippen molar-refractivity contribution in [2.24, 2.45) is 5.92 Å². The first-order valence-corrected chi connectivity index (χ1v) is 10.5. The molecule has 0 unspecified atom stereocenters. The van der Waals surface area contributed by atoms with Crippen LogP contribution in [0.2, 0.25) is 0 Å². The molecule has 3 rings (SSSR count). The first-order chi connectivity index (χ1) is 12.9. The van der Waals surface area contributed by atoms with Gasteiger partial charge >= 0.3 is 0 Å². The van der Waals surface area contributed by atoms with Crippen LogP contribution in [0.25, 0.3) is 0 Å². The molecular weight excluding hydrogens is 358 g/mol. The quantitative estimate of drug-likeness (QED) is 0.646. The third-order valence-corrected chi connectivity index (χ3v) is 5.69. The van der Waals surface area contributed by atoms with Crippen molar-refractivity contribution in [3.05, 3.63) is 83.7 Å². The highest BCUT2D eigenvalue weighted by molar-refractivity contribution is 7.89. The van der Waals surface area contributed by atoms with Gasteiger partial charge in [-0.25, -0.2) is 13.1 Å². The summed E-state index contributed by atoms with van der Waals surface area (Å²) in [7, 11) is -3.52. The van der Waals surface area contributed by atoms with E-state index >= 15 is 0 Å². The maximum atomic E-state index is 12.5. The van der Waals surface area contributed by atoms with Crippen LogP contribution in [0.1, 0.15) is 30.5 Å². The van der Waals surface area contributed by atoms with E-state index in [0.717, 1.165) is 23.1 Å². The Morgan fingerprint density at radius 1 is 0.963 bits per heavy atom. The zero-order chi connectivity index (χ0) is 19.3. The largest absolute Gasteiger partial charge is 0.268 e. The molecule has 0 saturated carbocycles. The minimum absolute atomic E-state index is 0.262. The molecule has 0 radical (unpaired) electrons. The van der Waals surface area contributed by atoms with Gasteiger partial charge in [0.15, 0.2) is 0 Å². The second-order valence-electron chi connectivity index (χ2n) is 7.09. The van der Waals surface area contributed by atoms with Crippen molar-refractivity contribution in [1.82, 2.24) is 14.5 Å². The number of sulfonamides is 1. The fourth-order valence-electron chi connectivity index (χ4n) is 2.88. The molecule has 0 spiro atoms. The highest BCUT2D eigenvalue weighted by Crippen LogP contribution is 2.14. The van der Waals surface area contributed by atoms with Crippen molar-refractivity contribution < 1.29 is 8.42 Å². The molecule has 6 heteroatoms. The predicted octanol–water partition coefficient (Wildman–Crippen LogP) is 3.61. The maximum absolute atomic E-state index is 12.5. The minimum atomic E-state index is -3.52. The van der Waals surface area contributed by atoms with Gasteiger partial charge in [-0.3, -0.25) is 4.68 Å². The SMILES string of the molecule is CC(C)Cc1ccc(S(=O)(=O)NCc2ccc(Cn3cccn3)cc2)cc1. The summed E-state index contributed by atoms with van der Waals surface area (Å²) in [5, 5.41) is 4.18. The highest BCUT2D eigenvalue weighted by atomic mass is 32.2. The molecule has 0 aliphatic carbocycles. The van der Waals surface area contributed by atoms with E-state index in [2.05, 4.69) is 23.7 Å². The number of aromatic nitrogens is 2. The van der Waals surface area contributed by atoms with Crippen LogP contribution in [0.3, 0.4) is 0 Å². The smallest absolute Gasteiger partial charge is 0.240 e. The topological polar surface area (TPSA) is 64.0 Å². The molecule has 1 heterocycles. The first-order valence-electron chi connectivity index (χ1n) is 9.06. The average molecular weight is 384 g/mol. The second kappa shape index (κ2) is 8.50. The van der Waals surface area contributed by atoms with Crippen LogP contribution < -0.4 is 4.72 Å². The Bertz CT molecular complexity index is 946. The highest BCUT2D eigenvalue weighted by Gasteiger charge is 2.13. The lowest BCUT2D eigenvalue weighted by molar-refractivity contribution is 0.581. The molecule has 0 amide bonds. The maximum Gasteiger partial charge on any atom is 0.240 e. The Morgan fingerprint density at radius 2 is 1.59 bits per heavy atom. The number of hydrogen-bond acceptors (Lipinski definition) is 3. The molecule has 2 aromatic carbocycles. The summed E-state index contributed by atoms with van der Waals surface area (Å²) in [6.45, 7) is 5.25. The van der Waals surface area contributed by atoms with Gasteiger partial charge < -0.3 is 0 Å². The molecule has 0 aliphatic rings. The monoisotopic (exact) mass is 383 g/mol. The van der Waals surface area contributed by atoms with Crippen molar-refractivity contribution in [2.45, 2.75) is 38.3 Å². The van der Waals surface area contributed by atoms with Gasteiger partial charge in [-0.05, 0) is 47.2 Å². The van der Waals surface area contributed by atoms with E-state index in [9.17, 15) is 8.42 Å². The number of nitrogens with zero attached hydrogens (tertiary/aromatic N) is 2. The third kappa shape index (κ3) is 5.52. The summed E-state index contributed by atoms with van der Waals surface area (Å²) in [5.41, 5.74) is 3.18. The summed E-state index contributed by atoms with van der Waals surface area (Å²) >= 11 is 0. The van der Waals surface area contributed by atoms with E-state index in [1.165, 1.54) is 0 Å². The third-order valence-electron chi connectivity index (χ3n) is 4.27. The second-order valence-corrected chi connectivity index (χ2v) is 8.85. The van der Waals surface area contributed by atoms with Gasteiger partial charge in [-0.15, -0.1) is 0 Å². The molecular formula is C21H25N3O2S. The molecule has 0 bridgehead atoms. The van der Waals surface area contributed by atoms with Crippen LogP contribution in [0.15, 0.2) is 71.9 Å². The molecule has 27 heavy (non-hydrogen) atoms. The van der Waals surface area contributed by atoms with Gasteiger partial charge in [0.1, 0.15) is 0 Å². The van der Waals surface area contributed by atoms with Gasteiger partial charge in [0.2, 0.25) is 10.0 Å². The molecule has 0 atom stereocenters. The number of nitrogens with one attached hydrogen (secondary N) is 1. The Morgan fingerprint density at radius 3 is 2.19 bits per heavy atom. The van der Waals surface area contributed by atoms with Crippen LogP contribution >= 0.6 is 0 Å². The molecule has 142 valence electrons. The van der Waals surface area contributed by atoms with E-state index in [1.54, 1.807) is 18.3 Å². The van der Waals surface area contributed by atoms with E-state index in [0.29, 0.717) is 17.4 Å². The fourth-order valence-corrected chi connectivity index (χ4v) is 3.90. The van der Waals surface area contributed by atoms with Crippen molar-refractivity contribution in [3.63, 3.8) is 0 Å². The molecule has 3 aromatic rings. The van der Waals surface area contributed by atoms with Crippen LogP contribution in [-0.2, 0) is 29.5 Å². The lowest BCUT2D eigenvalue weighted by Crippen LogP contribution is -2.23. The fraction of sp³-hybridized carbons (Fsp3) is 0.286. The Hall–Kier alpha value is -2.44.